The van der Waals surface area contributed by atoms with Gasteiger partial charge in [-0.25, -0.2) is 0 Å². The first-order chi connectivity index (χ1) is 10.3. The first kappa shape index (κ1) is 16.7. The molecule has 0 radical (unpaired) electrons. The molecule has 1 saturated carbocycles. The van der Waals surface area contributed by atoms with Crippen LogP contribution in [-0.4, -0.2) is 25.2 Å². The van der Waals surface area contributed by atoms with E-state index in [-0.39, 0.29) is 0 Å². The molecule has 0 saturated heterocycles. The van der Waals surface area contributed by atoms with E-state index < -0.39 is 0 Å². The molecule has 21 heavy (non-hydrogen) atoms. The lowest BCUT2D eigenvalue weighted by molar-refractivity contribution is 0.317. The highest BCUT2D eigenvalue weighted by atomic mass is 32.2. The highest BCUT2D eigenvalue weighted by Gasteiger charge is 2.16. The molecule has 1 aliphatic carbocycles. The second-order valence-electron chi connectivity index (χ2n) is 5.95. The molecule has 3 heteroatoms. The van der Waals surface area contributed by atoms with Crippen LogP contribution in [0.15, 0.2) is 24.3 Å². The summed E-state index contributed by atoms with van der Waals surface area (Å²) in [7, 11) is 2.06. The minimum atomic E-state index is 0.441. The first-order valence-corrected chi connectivity index (χ1v) is 9.46. The average molecular weight is 308 g/mol. The van der Waals surface area contributed by atoms with Crippen LogP contribution in [0, 0.1) is 5.92 Å². The highest BCUT2D eigenvalue weighted by Crippen LogP contribution is 2.29. The van der Waals surface area contributed by atoms with Crippen LogP contribution >= 0.6 is 11.8 Å². The van der Waals surface area contributed by atoms with Crippen LogP contribution in [0.3, 0.4) is 0 Å². The smallest absolute Gasteiger partial charge is 0.119 e. The molecule has 2 nitrogen and oxygen atoms in total. The van der Waals surface area contributed by atoms with E-state index in [9.17, 15) is 0 Å². The standard InChI is InChI=1S/C18H29NOS/c1-3-12-20-17-10-8-16(9-11-17)18(19-2)14-21-13-15-6-4-5-7-15/h8-11,15,18-19H,3-7,12-14H2,1-2H3. The Kier molecular flexibility index (Phi) is 7.45. The molecular formula is C18H29NOS. The molecule has 0 bridgehead atoms. The van der Waals surface area contributed by atoms with Crippen molar-refractivity contribution in [2.24, 2.45) is 5.92 Å². The van der Waals surface area contributed by atoms with Crippen molar-refractivity contribution in [3.05, 3.63) is 29.8 Å². The summed E-state index contributed by atoms with van der Waals surface area (Å²) in [4.78, 5) is 0. The number of benzene rings is 1. The Morgan fingerprint density at radius 3 is 2.57 bits per heavy atom. The molecule has 2 rings (SSSR count). The van der Waals surface area contributed by atoms with Crippen molar-refractivity contribution in [3.63, 3.8) is 0 Å². The van der Waals surface area contributed by atoms with Crippen molar-refractivity contribution in [1.29, 1.82) is 0 Å². The van der Waals surface area contributed by atoms with E-state index >= 15 is 0 Å². The quantitative estimate of drug-likeness (QED) is 0.717. The summed E-state index contributed by atoms with van der Waals surface area (Å²) in [5.74, 6) is 4.43. The predicted octanol–water partition coefficient (Wildman–Crippen LogP) is 4.66. The second kappa shape index (κ2) is 9.37. The minimum absolute atomic E-state index is 0.441. The van der Waals surface area contributed by atoms with Gasteiger partial charge in [0.05, 0.1) is 6.61 Å². The Morgan fingerprint density at radius 2 is 1.95 bits per heavy atom. The number of hydrogen-bond donors (Lipinski definition) is 1. The van der Waals surface area contributed by atoms with Crippen molar-refractivity contribution in [2.45, 2.75) is 45.1 Å². The fourth-order valence-corrected chi connectivity index (χ4v) is 4.29. The number of ether oxygens (including phenoxy) is 1. The van der Waals surface area contributed by atoms with Gasteiger partial charge in [0.15, 0.2) is 0 Å². The average Bonchev–Trinajstić information content (AvgIpc) is 3.03. The molecule has 0 amide bonds. The van der Waals surface area contributed by atoms with Gasteiger partial charge >= 0.3 is 0 Å². The van der Waals surface area contributed by atoms with E-state index in [4.69, 9.17) is 4.74 Å². The van der Waals surface area contributed by atoms with Crippen LogP contribution in [-0.2, 0) is 0 Å². The number of nitrogens with one attached hydrogen (secondary N) is 1. The van der Waals surface area contributed by atoms with Crippen LogP contribution in [0.1, 0.15) is 50.6 Å². The van der Waals surface area contributed by atoms with Gasteiger partial charge < -0.3 is 10.1 Å². The van der Waals surface area contributed by atoms with Crippen molar-refractivity contribution < 1.29 is 4.74 Å². The van der Waals surface area contributed by atoms with Gasteiger partial charge in [0.1, 0.15) is 5.75 Å². The van der Waals surface area contributed by atoms with Crippen molar-refractivity contribution in [1.82, 2.24) is 5.32 Å². The van der Waals surface area contributed by atoms with Gasteiger partial charge in [0.25, 0.3) is 0 Å². The summed E-state index contributed by atoms with van der Waals surface area (Å²) in [6.45, 7) is 2.93. The fraction of sp³-hybridized carbons (Fsp3) is 0.667. The topological polar surface area (TPSA) is 21.3 Å². The highest BCUT2D eigenvalue weighted by molar-refractivity contribution is 7.99. The number of thioether (sulfide) groups is 1. The van der Waals surface area contributed by atoms with E-state index in [1.807, 2.05) is 0 Å². The van der Waals surface area contributed by atoms with Gasteiger partial charge in [-0.2, -0.15) is 11.8 Å². The van der Waals surface area contributed by atoms with Crippen LogP contribution in [0.4, 0.5) is 0 Å². The maximum absolute atomic E-state index is 5.65. The molecule has 118 valence electrons. The first-order valence-electron chi connectivity index (χ1n) is 8.31. The van der Waals surface area contributed by atoms with E-state index in [1.165, 1.54) is 37.0 Å². The molecular weight excluding hydrogens is 278 g/mol. The second-order valence-corrected chi connectivity index (χ2v) is 7.02. The molecule has 1 atom stereocenters. The molecule has 1 unspecified atom stereocenters. The number of hydrogen-bond acceptors (Lipinski definition) is 3. The SMILES string of the molecule is CCCOc1ccc(C(CSCC2CCCC2)NC)cc1. The Morgan fingerprint density at radius 1 is 1.24 bits per heavy atom. The van der Waals surface area contributed by atoms with Crippen molar-refractivity contribution >= 4 is 11.8 Å². The van der Waals surface area contributed by atoms with Gasteiger partial charge in [-0.15, -0.1) is 0 Å². The summed E-state index contributed by atoms with van der Waals surface area (Å²) in [6, 6.07) is 9.02. The Hall–Kier alpha value is -0.670. The zero-order valence-corrected chi connectivity index (χ0v) is 14.3. The molecule has 0 heterocycles. The van der Waals surface area contributed by atoms with Gasteiger partial charge in [0, 0.05) is 11.8 Å². The van der Waals surface area contributed by atoms with Crippen molar-refractivity contribution in [3.8, 4) is 5.75 Å². The summed E-state index contributed by atoms with van der Waals surface area (Å²) < 4.78 is 5.65. The summed E-state index contributed by atoms with van der Waals surface area (Å²) in [5, 5.41) is 3.44. The zero-order valence-electron chi connectivity index (χ0n) is 13.4. The van der Waals surface area contributed by atoms with Crippen LogP contribution in [0.2, 0.25) is 0 Å². The Bertz CT molecular complexity index is 387. The molecule has 1 fully saturated rings. The van der Waals surface area contributed by atoms with E-state index in [2.05, 4.69) is 55.3 Å². The molecule has 0 aliphatic heterocycles. The van der Waals surface area contributed by atoms with Gasteiger partial charge in [-0.05, 0) is 55.7 Å². The maximum atomic E-state index is 5.65. The third-order valence-corrected chi connectivity index (χ3v) is 5.49. The summed E-state index contributed by atoms with van der Waals surface area (Å²) in [6.07, 6.45) is 6.83. The molecule has 1 N–H and O–H groups in total. The normalized spacial score (nSPS) is 17.0. The van der Waals surface area contributed by atoms with Gasteiger partial charge in [0.2, 0.25) is 0 Å². The lowest BCUT2D eigenvalue weighted by Gasteiger charge is -2.18. The number of rotatable bonds is 9. The largest absolute Gasteiger partial charge is 0.494 e. The lowest BCUT2D eigenvalue weighted by Crippen LogP contribution is -2.19. The molecule has 1 aromatic carbocycles. The monoisotopic (exact) mass is 307 g/mol. The van der Waals surface area contributed by atoms with Crippen LogP contribution in [0.5, 0.6) is 5.75 Å². The third-order valence-electron chi connectivity index (χ3n) is 4.22. The fourth-order valence-electron chi connectivity index (χ4n) is 2.89. The molecule has 0 spiro atoms. The Balaban J connectivity index is 1.78. The predicted molar refractivity (Wildman–Crippen MR) is 93.3 cm³/mol. The van der Waals surface area contributed by atoms with Gasteiger partial charge in [-0.1, -0.05) is 31.9 Å². The molecule has 1 aliphatic rings. The van der Waals surface area contributed by atoms with E-state index in [0.717, 1.165) is 30.4 Å². The molecule has 0 aromatic heterocycles. The van der Waals surface area contributed by atoms with Gasteiger partial charge in [-0.3, -0.25) is 0 Å². The zero-order chi connectivity index (χ0) is 14.9. The van der Waals surface area contributed by atoms with Crippen molar-refractivity contribution in [2.75, 3.05) is 25.2 Å². The van der Waals surface area contributed by atoms with Crippen LogP contribution < -0.4 is 10.1 Å². The maximum Gasteiger partial charge on any atom is 0.119 e. The van der Waals surface area contributed by atoms with E-state index in [0.29, 0.717) is 6.04 Å². The Labute approximate surface area is 134 Å². The third kappa shape index (κ3) is 5.55. The van der Waals surface area contributed by atoms with E-state index in [1.54, 1.807) is 0 Å². The minimum Gasteiger partial charge on any atom is -0.494 e. The summed E-state index contributed by atoms with van der Waals surface area (Å²) >= 11 is 2.10. The molecule has 1 aromatic rings. The lowest BCUT2D eigenvalue weighted by atomic mass is 10.1. The summed E-state index contributed by atoms with van der Waals surface area (Å²) in [5.41, 5.74) is 1.36. The van der Waals surface area contributed by atoms with Crippen LogP contribution in [0.25, 0.3) is 0 Å².